The molecule has 6 nitrogen and oxygen atoms in total. The van der Waals surface area contributed by atoms with Crippen molar-refractivity contribution in [2.45, 2.75) is 19.3 Å². The Morgan fingerprint density at radius 2 is 1.96 bits per heavy atom. The second-order valence-corrected chi connectivity index (χ2v) is 5.99. The number of aromatic nitrogens is 2. The molecule has 0 bridgehead atoms. The molecule has 3 rings (SSSR count). The number of amides is 2. The van der Waals surface area contributed by atoms with Crippen LogP contribution >= 0.6 is 0 Å². The van der Waals surface area contributed by atoms with Gasteiger partial charge in [0.25, 0.3) is 11.8 Å². The van der Waals surface area contributed by atoms with Crippen LogP contribution in [0.25, 0.3) is 0 Å². The average Bonchev–Trinajstić information content (AvgIpc) is 3.09. The molecule has 0 aliphatic heterocycles. The van der Waals surface area contributed by atoms with Gasteiger partial charge in [0.2, 0.25) is 0 Å². The number of benzene rings is 1. The maximum Gasteiger partial charge on any atom is 0.256 e. The first-order valence-electron chi connectivity index (χ1n) is 7.65. The van der Waals surface area contributed by atoms with Crippen LogP contribution in [-0.2, 0) is 19.9 Å². The lowest BCUT2D eigenvalue weighted by Crippen LogP contribution is -2.22. The van der Waals surface area contributed by atoms with E-state index in [1.807, 2.05) is 7.05 Å². The van der Waals surface area contributed by atoms with Gasteiger partial charge in [0, 0.05) is 37.8 Å². The van der Waals surface area contributed by atoms with Crippen LogP contribution in [0.4, 0.5) is 5.82 Å². The Kier molecular flexibility index (Phi) is 3.90. The maximum absolute atomic E-state index is 12.5. The molecule has 6 heteroatoms. The van der Waals surface area contributed by atoms with Crippen molar-refractivity contribution in [3.8, 4) is 0 Å². The van der Waals surface area contributed by atoms with E-state index >= 15 is 0 Å². The van der Waals surface area contributed by atoms with Gasteiger partial charge in [-0.05, 0) is 37.5 Å². The normalized spacial score (nSPS) is 12.8. The standard InChI is InChI=1S/C17H20N4O2/c1-20(2)17(23)12-7-4-6-11(10-12)16(22)18-15-13-8-5-9-14(13)19-21(15)3/h4,6-7,10H,5,8-9H2,1-3H3,(H,18,22). The summed E-state index contributed by atoms with van der Waals surface area (Å²) in [4.78, 5) is 26.0. The van der Waals surface area contributed by atoms with Crippen LogP contribution in [0.15, 0.2) is 24.3 Å². The number of hydrogen-bond acceptors (Lipinski definition) is 3. The van der Waals surface area contributed by atoms with Crippen LogP contribution in [0.3, 0.4) is 0 Å². The molecule has 1 aliphatic carbocycles. The van der Waals surface area contributed by atoms with E-state index in [0.29, 0.717) is 11.1 Å². The molecular weight excluding hydrogens is 292 g/mol. The van der Waals surface area contributed by atoms with E-state index in [0.717, 1.165) is 36.3 Å². The van der Waals surface area contributed by atoms with Crippen LogP contribution < -0.4 is 5.32 Å². The van der Waals surface area contributed by atoms with Gasteiger partial charge in [0.05, 0.1) is 5.69 Å². The summed E-state index contributed by atoms with van der Waals surface area (Å²) >= 11 is 0. The molecule has 1 heterocycles. The topological polar surface area (TPSA) is 67.2 Å². The first-order chi connectivity index (χ1) is 11.0. The number of nitrogens with one attached hydrogen (secondary N) is 1. The third kappa shape index (κ3) is 2.84. The summed E-state index contributed by atoms with van der Waals surface area (Å²) in [5.41, 5.74) is 3.16. The van der Waals surface area contributed by atoms with Crippen molar-refractivity contribution in [3.63, 3.8) is 0 Å². The smallest absolute Gasteiger partial charge is 0.256 e. The molecule has 0 saturated carbocycles. The SMILES string of the molecule is CN(C)C(=O)c1cccc(C(=O)Nc2c3c(nn2C)CCC3)c1. The predicted molar refractivity (Wildman–Crippen MR) is 87.6 cm³/mol. The number of aryl methyl sites for hydroxylation is 2. The Labute approximate surface area is 135 Å². The average molecular weight is 312 g/mol. The molecular formula is C17H20N4O2. The third-order valence-electron chi connectivity index (χ3n) is 4.08. The van der Waals surface area contributed by atoms with Crippen molar-refractivity contribution in [2.24, 2.45) is 7.05 Å². The van der Waals surface area contributed by atoms with Gasteiger partial charge in [-0.1, -0.05) is 6.07 Å². The number of anilines is 1. The number of rotatable bonds is 3. The molecule has 2 amide bonds. The summed E-state index contributed by atoms with van der Waals surface area (Å²) in [5.74, 6) is 0.407. The molecule has 1 N–H and O–H groups in total. The van der Waals surface area contributed by atoms with Crippen molar-refractivity contribution >= 4 is 17.6 Å². The van der Waals surface area contributed by atoms with E-state index in [1.54, 1.807) is 43.0 Å². The molecule has 0 radical (unpaired) electrons. The predicted octanol–water partition coefficient (Wildman–Crippen LogP) is 1.86. The second-order valence-electron chi connectivity index (χ2n) is 5.99. The van der Waals surface area contributed by atoms with Gasteiger partial charge in [-0.2, -0.15) is 5.10 Å². The first kappa shape index (κ1) is 15.3. The third-order valence-corrected chi connectivity index (χ3v) is 4.08. The Balaban J connectivity index is 1.84. The zero-order valence-electron chi connectivity index (χ0n) is 13.6. The summed E-state index contributed by atoms with van der Waals surface area (Å²) in [6.45, 7) is 0. The van der Waals surface area contributed by atoms with Crippen molar-refractivity contribution in [3.05, 3.63) is 46.6 Å². The minimum atomic E-state index is -0.226. The van der Waals surface area contributed by atoms with E-state index in [1.165, 1.54) is 4.90 Å². The molecule has 0 unspecified atom stereocenters. The number of fused-ring (bicyclic) bond motifs is 1. The van der Waals surface area contributed by atoms with E-state index in [2.05, 4.69) is 10.4 Å². The molecule has 0 fully saturated rings. The highest BCUT2D eigenvalue weighted by Crippen LogP contribution is 2.28. The van der Waals surface area contributed by atoms with E-state index in [4.69, 9.17) is 0 Å². The summed E-state index contributed by atoms with van der Waals surface area (Å²) in [6.07, 6.45) is 2.98. The Morgan fingerprint density at radius 1 is 1.22 bits per heavy atom. The molecule has 23 heavy (non-hydrogen) atoms. The Hall–Kier alpha value is -2.63. The maximum atomic E-state index is 12.5. The molecule has 0 spiro atoms. The van der Waals surface area contributed by atoms with Gasteiger partial charge in [-0.15, -0.1) is 0 Å². The van der Waals surface area contributed by atoms with Crippen molar-refractivity contribution in [1.29, 1.82) is 0 Å². The number of hydrogen-bond donors (Lipinski definition) is 1. The summed E-state index contributed by atoms with van der Waals surface area (Å²) in [6, 6.07) is 6.76. The highest BCUT2D eigenvalue weighted by atomic mass is 16.2. The molecule has 0 saturated heterocycles. The summed E-state index contributed by atoms with van der Waals surface area (Å²) in [5, 5.41) is 7.39. The summed E-state index contributed by atoms with van der Waals surface area (Å²) in [7, 11) is 5.21. The fourth-order valence-corrected chi connectivity index (χ4v) is 2.91. The minimum Gasteiger partial charge on any atom is -0.345 e. The van der Waals surface area contributed by atoms with Crippen LogP contribution in [0.1, 0.15) is 38.4 Å². The molecule has 1 aromatic heterocycles. The number of carbonyl (C=O) groups excluding carboxylic acids is 2. The molecule has 1 aromatic carbocycles. The monoisotopic (exact) mass is 312 g/mol. The second kappa shape index (κ2) is 5.87. The van der Waals surface area contributed by atoms with Crippen LogP contribution in [0.5, 0.6) is 0 Å². The van der Waals surface area contributed by atoms with Crippen LogP contribution in [0, 0.1) is 0 Å². The first-order valence-corrected chi connectivity index (χ1v) is 7.65. The van der Waals surface area contributed by atoms with Crippen molar-refractivity contribution < 1.29 is 9.59 Å². The van der Waals surface area contributed by atoms with Gasteiger partial charge in [-0.3, -0.25) is 14.3 Å². The molecule has 1 aliphatic rings. The van der Waals surface area contributed by atoms with Crippen molar-refractivity contribution in [2.75, 3.05) is 19.4 Å². The highest BCUT2D eigenvalue weighted by Gasteiger charge is 2.22. The van der Waals surface area contributed by atoms with Gasteiger partial charge in [0.15, 0.2) is 0 Å². The zero-order chi connectivity index (χ0) is 16.6. The highest BCUT2D eigenvalue weighted by molar-refractivity contribution is 6.06. The van der Waals surface area contributed by atoms with Gasteiger partial charge in [-0.25, -0.2) is 0 Å². The fraction of sp³-hybridized carbons (Fsp3) is 0.353. The quantitative estimate of drug-likeness (QED) is 0.940. The zero-order valence-corrected chi connectivity index (χ0v) is 13.6. The minimum absolute atomic E-state index is 0.124. The number of carbonyl (C=O) groups is 2. The van der Waals surface area contributed by atoms with E-state index in [9.17, 15) is 9.59 Å². The fourth-order valence-electron chi connectivity index (χ4n) is 2.91. The Morgan fingerprint density at radius 3 is 2.70 bits per heavy atom. The molecule has 120 valence electrons. The molecule has 0 atom stereocenters. The van der Waals surface area contributed by atoms with Crippen molar-refractivity contribution in [1.82, 2.24) is 14.7 Å². The lowest BCUT2D eigenvalue weighted by molar-refractivity contribution is 0.0827. The van der Waals surface area contributed by atoms with Gasteiger partial charge < -0.3 is 10.2 Å². The Bertz CT molecular complexity index is 777. The van der Waals surface area contributed by atoms with E-state index in [-0.39, 0.29) is 11.8 Å². The van der Waals surface area contributed by atoms with Crippen LogP contribution in [-0.4, -0.2) is 40.6 Å². The largest absolute Gasteiger partial charge is 0.345 e. The molecule has 2 aromatic rings. The lowest BCUT2D eigenvalue weighted by atomic mass is 10.1. The lowest BCUT2D eigenvalue weighted by Gasteiger charge is -2.12. The van der Waals surface area contributed by atoms with Gasteiger partial charge in [0.1, 0.15) is 5.82 Å². The number of nitrogens with zero attached hydrogens (tertiary/aromatic N) is 3. The van der Waals surface area contributed by atoms with Crippen LogP contribution in [0.2, 0.25) is 0 Å². The van der Waals surface area contributed by atoms with Gasteiger partial charge >= 0.3 is 0 Å². The van der Waals surface area contributed by atoms with E-state index < -0.39 is 0 Å². The summed E-state index contributed by atoms with van der Waals surface area (Å²) < 4.78 is 1.72.